The van der Waals surface area contributed by atoms with Crippen molar-refractivity contribution in [2.24, 2.45) is 0 Å². The van der Waals surface area contributed by atoms with Crippen LogP contribution in [-0.4, -0.2) is 30.7 Å². The molecule has 0 spiro atoms. The highest BCUT2D eigenvalue weighted by Crippen LogP contribution is 2.19. The third-order valence-electron chi connectivity index (χ3n) is 3.34. The van der Waals surface area contributed by atoms with Crippen LogP contribution in [0.5, 0.6) is 5.75 Å². The van der Waals surface area contributed by atoms with E-state index in [4.69, 9.17) is 4.74 Å². The van der Waals surface area contributed by atoms with Gasteiger partial charge in [0.25, 0.3) is 0 Å². The molecule has 0 bridgehead atoms. The van der Waals surface area contributed by atoms with Crippen molar-refractivity contribution < 1.29 is 14.2 Å². The first-order valence-electron chi connectivity index (χ1n) is 6.84. The van der Waals surface area contributed by atoms with E-state index >= 15 is 0 Å². The summed E-state index contributed by atoms with van der Waals surface area (Å²) >= 11 is 0. The van der Waals surface area contributed by atoms with E-state index in [0.29, 0.717) is 13.1 Å². The van der Waals surface area contributed by atoms with Gasteiger partial charge in [-0.25, -0.2) is 4.39 Å². The van der Waals surface area contributed by atoms with Gasteiger partial charge in [0.1, 0.15) is 0 Å². The molecule has 0 saturated heterocycles. The summed E-state index contributed by atoms with van der Waals surface area (Å²) in [6.07, 6.45) is -0.556. The molecule has 1 atom stereocenters. The number of methoxy groups -OCH3 is 1. The summed E-state index contributed by atoms with van der Waals surface area (Å²) in [6.45, 7) is 1.04. The fourth-order valence-electron chi connectivity index (χ4n) is 2.26. The Morgan fingerprint density at radius 2 is 1.90 bits per heavy atom. The Balaban J connectivity index is 1.95. The molecule has 0 fully saturated rings. The maximum absolute atomic E-state index is 13.6. The second kappa shape index (κ2) is 7.20. The van der Waals surface area contributed by atoms with Crippen molar-refractivity contribution in [3.63, 3.8) is 0 Å². The molecule has 2 rings (SSSR count). The van der Waals surface area contributed by atoms with Crippen molar-refractivity contribution in [1.82, 2.24) is 4.90 Å². The summed E-state index contributed by atoms with van der Waals surface area (Å²) in [5, 5.41) is 10.2. The number of hydrogen-bond donors (Lipinski definition) is 1. The number of rotatable bonds is 6. The highest BCUT2D eigenvalue weighted by molar-refractivity contribution is 5.29. The summed E-state index contributed by atoms with van der Waals surface area (Å²) in [7, 11) is 3.34. The minimum atomic E-state index is -0.556. The molecule has 1 N–H and O–H groups in total. The lowest BCUT2D eigenvalue weighted by molar-refractivity contribution is 0.124. The van der Waals surface area contributed by atoms with Gasteiger partial charge < -0.3 is 9.84 Å². The first kappa shape index (κ1) is 15.5. The number of aliphatic hydroxyl groups is 1. The zero-order valence-electron chi connectivity index (χ0n) is 12.3. The van der Waals surface area contributed by atoms with E-state index in [1.807, 2.05) is 48.3 Å². The number of nitrogens with zero attached hydrogens (tertiary/aromatic N) is 1. The Hall–Kier alpha value is -1.91. The van der Waals surface area contributed by atoms with Crippen LogP contribution in [0.15, 0.2) is 48.5 Å². The van der Waals surface area contributed by atoms with E-state index in [2.05, 4.69) is 0 Å². The van der Waals surface area contributed by atoms with Crippen LogP contribution in [0.25, 0.3) is 0 Å². The molecule has 112 valence electrons. The van der Waals surface area contributed by atoms with Gasteiger partial charge in [-0.1, -0.05) is 36.4 Å². The summed E-state index contributed by atoms with van der Waals surface area (Å²) in [5.41, 5.74) is 1.72. The van der Waals surface area contributed by atoms with Crippen LogP contribution in [0.3, 0.4) is 0 Å². The van der Waals surface area contributed by atoms with Gasteiger partial charge >= 0.3 is 0 Å². The highest BCUT2D eigenvalue weighted by atomic mass is 19.1. The number of likely N-dealkylation sites (N-methyl/N-ethyl adjacent to an activating group) is 1. The van der Waals surface area contributed by atoms with Crippen molar-refractivity contribution >= 4 is 0 Å². The predicted octanol–water partition coefficient (Wildman–Crippen LogP) is 3.00. The first-order chi connectivity index (χ1) is 10.1. The average Bonchev–Trinajstić information content (AvgIpc) is 2.48. The predicted molar refractivity (Wildman–Crippen MR) is 80.7 cm³/mol. The molecule has 2 aromatic rings. The maximum atomic E-state index is 13.6. The Morgan fingerprint density at radius 3 is 2.52 bits per heavy atom. The molecule has 0 aliphatic carbocycles. The average molecular weight is 289 g/mol. The van der Waals surface area contributed by atoms with E-state index in [-0.39, 0.29) is 11.6 Å². The van der Waals surface area contributed by atoms with Gasteiger partial charge in [0.05, 0.1) is 13.2 Å². The van der Waals surface area contributed by atoms with Crippen LogP contribution in [0.2, 0.25) is 0 Å². The van der Waals surface area contributed by atoms with Gasteiger partial charge in [0.15, 0.2) is 11.6 Å². The number of benzene rings is 2. The monoisotopic (exact) mass is 289 g/mol. The minimum Gasteiger partial charge on any atom is -0.494 e. The SMILES string of the molecule is COc1ccc(CN(C)CC(O)c2ccccc2)cc1F. The van der Waals surface area contributed by atoms with Crippen LogP contribution in [0.1, 0.15) is 17.2 Å². The van der Waals surface area contributed by atoms with Gasteiger partial charge in [-0.3, -0.25) is 4.90 Å². The molecule has 2 aromatic carbocycles. The Bertz CT molecular complexity index is 574. The normalized spacial score (nSPS) is 12.4. The lowest BCUT2D eigenvalue weighted by atomic mass is 10.1. The van der Waals surface area contributed by atoms with Crippen LogP contribution in [0, 0.1) is 5.82 Å². The molecule has 0 saturated carbocycles. The summed E-state index contributed by atoms with van der Waals surface area (Å²) < 4.78 is 18.5. The summed E-state index contributed by atoms with van der Waals surface area (Å²) in [5.74, 6) is -0.127. The van der Waals surface area contributed by atoms with Crippen LogP contribution in [0.4, 0.5) is 4.39 Å². The molecule has 21 heavy (non-hydrogen) atoms. The molecule has 0 radical (unpaired) electrons. The summed E-state index contributed by atoms with van der Waals surface area (Å²) in [6, 6.07) is 14.4. The molecule has 1 unspecified atom stereocenters. The van der Waals surface area contributed by atoms with Crippen molar-refractivity contribution in [1.29, 1.82) is 0 Å². The van der Waals surface area contributed by atoms with Crippen molar-refractivity contribution in [3.05, 3.63) is 65.5 Å². The third kappa shape index (κ3) is 4.28. The number of halogens is 1. The Kier molecular flexibility index (Phi) is 5.31. The van der Waals surface area contributed by atoms with E-state index in [1.54, 1.807) is 6.07 Å². The minimum absolute atomic E-state index is 0.241. The quantitative estimate of drug-likeness (QED) is 0.887. The lowest BCUT2D eigenvalue weighted by Gasteiger charge is -2.21. The highest BCUT2D eigenvalue weighted by Gasteiger charge is 2.11. The van der Waals surface area contributed by atoms with Gasteiger partial charge in [-0.2, -0.15) is 0 Å². The lowest BCUT2D eigenvalue weighted by Crippen LogP contribution is -2.24. The van der Waals surface area contributed by atoms with Gasteiger partial charge in [-0.05, 0) is 30.3 Å². The Labute approximate surface area is 124 Å². The van der Waals surface area contributed by atoms with Gasteiger partial charge in [0, 0.05) is 13.1 Å². The van der Waals surface area contributed by atoms with Crippen LogP contribution in [-0.2, 0) is 6.54 Å². The molecular weight excluding hydrogens is 269 g/mol. The van der Waals surface area contributed by atoms with E-state index in [0.717, 1.165) is 11.1 Å². The summed E-state index contributed by atoms with van der Waals surface area (Å²) in [4.78, 5) is 1.96. The fourth-order valence-corrected chi connectivity index (χ4v) is 2.26. The van der Waals surface area contributed by atoms with Crippen LogP contribution >= 0.6 is 0 Å². The number of aliphatic hydroxyl groups excluding tert-OH is 1. The standard InChI is InChI=1S/C17H20FNO2/c1-19(12-16(20)14-6-4-3-5-7-14)11-13-8-9-17(21-2)15(18)10-13/h3-10,16,20H,11-12H2,1-2H3. The second-order valence-corrected chi connectivity index (χ2v) is 5.09. The molecule has 0 aromatic heterocycles. The molecule has 0 aliphatic rings. The number of ether oxygens (including phenoxy) is 1. The second-order valence-electron chi connectivity index (χ2n) is 5.09. The van der Waals surface area contributed by atoms with Crippen molar-refractivity contribution in [3.8, 4) is 5.75 Å². The number of hydrogen-bond acceptors (Lipinski definition) is 3. The molecular formula is C17H20FNO2. The Morgan fingerprint density at radius 1 is 1.19 bits per heavy atom. The maximum Gasteiger partial charge on any atom is 0.165 e. The third-order valence-corrected chi connectivity index (χ3v) is 3.34. The topological polar surface area (TPSA) is 32.7 Å². The van der Waals surface area contributed by atoms with Gasteiger partial charge in [-0.15, -0.1) is 0 Å². The molecule has 0 heterocycles. The molecule has 4 heteroatoms. The zero-order valence-corrected chi connectivity index (χ0v) is 12.3. The zero-order chi connectivity index (χ0) is 15.2. The van der Waals surface area contributed by atoms with Gasteiger partial charge in [0.2, 0.25) is 0 Å². The first-order valence-corrected chi connectivity index (χ1v) is 6.84. The molecule has 3 nitrogen and oxygen atoms in total. The molecule has 0 amide bonds. The van der Waals surface area contributed by atoms with Crippen molar-refractivity contribution in [2.45, 2.75) is 12.6 Å². The smallest absolute Gasteiger partial charge is 0.165 e. The van der Waals surface area contributed by atoms with E-state index in [9.17, 15) is 9.50 Å². The van der Waals surface area contributed by atoms with E-state index < -0.39 is 6.10 Å². The fraction of sp³-hybridized carbons (Fsp3) is 0.294. The molecule has 0 aliphatic heterocycles. The van der Waals surface area contributed by atoms with Crippen LogP contribution < -0.4 is 4.74 Å². The van der Waals surface area contributed by atoms with Crippen molar-refractivity contribution in [2.75, 3.05) is 20.7 Å². The van der Waals surface area contributed by atoms with E-state index in [1.165, 1.54) is 13.2 Å². The largest absolute Gasteiger partial charge is 0.494 e.